The summed E-state index contributed by atoms with van der Waals surface area (Å²) in [6, 6.07) is 6.33. The molecule has 0 aliphatic rings. The Balaban J connectivity index is 3.05. The van der Waals surface area contributed by atoms with E-state index in [2.05, 4.69) is 0 Å². The Kier molecular flexibility index (Phi) is 4.35. The number of rotatable bonds is 4. The largest absolute Gasteiger partial charge is 0.323 e. The molecule has 1 aromatic rings. The quantitative estimate of drug-likeness (QED) is 0.845. The van der Waals surface area contributed by atoms with Crippen LogP contribution in [-0.2, 0) is 9.84 Å². The smallest absolute Gasteiger partial charge is 0.180 e. The molecule has 0 saturated carbocycles. The molecular weight excluding hydrogens is 246 g/mol. The molecule has 5 heteroatoms. The van der Waals surface area contributed by atoms with Gasteiger partial charge >= 0.3 is 0 Å². The second kappa shape index (κ2) is 5.17. The van der Waals surface area contributed by atoms with Crippen molar-refractivity contribution in [3.63, 3.8) is 0 Å². The van der Waals surface area contributed by atoms with Crippen LogP contribution < -0.4 is 5.73 Å². The lowest BCUT2D eigenvalue weighted by atomic mass is 10.1. The maximum atomic E-state index is 11.8. The summed E-state index contributed by atoms with van der Waals surface area (Å²) in [6.07, 6.45) is 0. The molecule has 0 bridgehead atoms. The van der Waals surface area contributed by atoms with Gasteiger partial charge in [-0.25, -0.2) is 8.42 Å². The van der Waals surface area contributed by atoms with Crippen molar-refractivity contribution in [2.75, 3.05) is 5.88 Å². The molecule has 2 N–H and O–H groups in total. The van der Waals surface area contributed by atoms with Crippen LogP contribution in [0.5, 0.6) is 0 Å². The van der Waals surface area contributed by atoms with Gasteiger partial charge in [0.25, 0.3) is 0 Å². The molecule has 0 amide bonds. The van der Waals surface area contributed by atoms with Crippen LogP contribution in [0.15, 0.2) is 29.2 Å². The summed E-state index contributed by atoms with van der Waals surface area (Å²) in [7, 11) is -3.20. The van der Waals surface area contributed by atoms with Gasteiger partial charge in [0.15, 0.2) is 9.84 Å². The molecule has 0 aromatic heterocycles. The first-order valence-corrected chi connectivity index (χ1v) is 7.13. The van der Waals surface area contributed by atoms with E-state index in [1.54, 1.807) is 38.1 Å². The van der Waals surface area contributed by atoms with Gasteiger partial charge in [-0.2, -0.15) is 0 Å². The SMILES string of the molecule is CC(C)S(=O)(=O)c1ccc(C(N)CCl)cc1. The van der Waals surface area contributed by atoms with Crippen LogP contribution in [0.3, 0.4) is 0 Å². The third-order valence-corrected chi connectivity index (χ3v) is 4.93. The van der Waals surface area contributed by atoms with Gasteiger partial charge < -0.3 is 5.73 Å². The van der Waals surface area contributed by atoms with E-state index in [4.69, 9.17) is 17.3 Å². The van der Waals surface area contributed by atoms with Gasteiger partial charge in [0.05, 0.1) is 10.1 Å². The van der Waals surface area contributed by atoms with Gasteiger partial charge in [-0.1, -0.05) is 12.1 Å². The zero-order valence-corrected chi connectivity index (χ0v) is 10.9. The fourth-order valence-electron chi connectivity index (χ4n) is 1.27. The summed E-state index contributed by atoms with van der Waals surface area (Å²) in [5.41, 5.74) is 6.58. The summed E-state index contributed by atoms with van der Waals surface area (Å²) in [4.78, 5) is 0.327. The second-order valence-electron chi connectivity index (χ2n) is 3.92. The Labute approximate surface area is 102 Å². The van der Waals surface area contributed by atoms with Crippen LogP contribution in [0, 0.1) is 0 Å². The Hall–Kier alpha value is -0.580. The van der Waals surface area contributed by atoms with Crippen LogP contribution in [0.1, 0.15) is 25.5 Å². The maximum absolute atomic E-state index is 11.8. The zero-order chi connectivity index (χ0) is 12.3. The molecule has 0 saturated heterocycles. The van der Waals surface area contributed by atoms with E-state index in [0.29, 0.717) is 10.8 Å². The minimum atomic E-state index is -3.20. The van der Waals surface area contributed by atoms with E-state index in [0.717, 1.165) is 5.56 Å². The number of hydrogen-bond acceptors (Lipinski definition) is 3. The van der Waals surface area contributed by atoms with Gasteiger partial charge in [0.1, 0.15) is 0 Å². The van der Waals surface area contributed by atoms with Gasteiger partial charge in [0.2, 0.25) is 0 Å². The second-order valence-corrected chi connectivity index (χ2v) is 6.74. The summed E-state index contributed by atoms with van der Waals surface area (Å²) >= 11 is 5.62. The molecule has 16 heavy (non-hydrogen) atoms. The van der Waals surface area contributed by atoms with E-state index >= 15 is 0 Å². The van der Waals surface area contributed by atoms with E-state index < -0.39 is 15.1 Å². The van der Waals surface area contributed by atoms with Crippen LogP contribution >= 0.6 is 11.6 Å². The minimum absolute atomic E-state index is 0.252. The highest BCUT2D eigenvalue weighted by Crippen LogP contribution is 2.19. The standard InChI is InChI=1S/C11H16ClNO2S/c1-8(2)16(14,15)10-5-3-9(4-6-10)11(13)7-12/h3-6,8,11H,7,13H2,1-2H3. The molecule has 0 radical (unpaired) electrons. The first-order chi connectivity index (χ1) is 7.39. The first kappa shape index (κ1) is 13.5. The Morgan fingerprint density at radius 3 is 2.12 bits per heavy atom. The monoisotopic (exact) mass is 261 g/mol. The molecule has 0 aliphatic carbocycles. The summed E-state index contributed by atoms with van der Waals surface area (Å²) in [6.45, 7) is 3.32. The molecule has 0 aliphatic heterocycles. The average molecular weight is 262 g/mol. The highest BCUT2D eigenvalue weighted by molar-refractivity contribution is 7.92. The van der Waals surface area contributed by atoms with Crippen LogP contribution in [-0.4, -0.2) is 19.5 Å². The van der Waals surface area contributed by atoms with Crippen molar-refractivity contribution < 1.29 is 8.42 Å². The van der Waals surface area contributed by atoms with Crippen LogP contribution in [0.25, 0.3) is 0 Å². The summed E-state index contributed by atoms with van der Waals surface area (Å²) in [5.74, 6) is 0.316. The lowest BCUT2D eigenvalue weighted by Gasteiger charge is -2.11. The van der Waals surface area contributed by atoms with Crippen molar-refractivity contribution >= 4 is 21.4 Å². The molecule has 1 aromatic carbocycles. The molecule has 1 unspecified atom stereocenters. The van der Waals surface area contributed by atoms with Crippen molar-refractivity contribution in [2.24, 2.45) is 5.73 Å². The number of nitrogens with two attached hydrogens (primary N) is 1. The van der Waals surface area contributed by atoms with Gasteiger partial charge in [-0.05, 0) is 31.5 Å². The predicted molar refractivity (Wildman–Crippen MR) is 66.4 cm³/mol. The molecule has 90 valence electrons. The predicted octanol–water partition coefficient (Wildman–Crippen LogP) is 2.11. The fourth-order valence-corrected chi connectivity index (χ4v) is 2.50. The average Bonchev–Trinajstić information content (AvgIpc) is 2.28. The molecule has 1 rings (SSSR count). The van der Waals surface area contributed by atoms with E-state index in [1.807, 2.05) is 0 Å². The number of sulfone groups is 1. The van der Waals surface area contributed by atoms with Gasteiger partial charge in [-0.15, -0.1) is 11.6 Å². The fraction of sp³-hybridized carbons (Fsp3) is 0.455. The van der Waals surface area contributed by atoms with Crippen molar-refractivity contribution in [1.82, 2.24) is 0 Å². The molecule has 1 atom stereocenters. The van der Waals surface area contributed by atoms with Crippen molar-refractivity contribution in [1.29, 1.82) is 0 Å². The summed E-state index contributed by atoms with van der Waals surface area (Å²) in [5, 5.41) is -0.417. The van der Waals surface area contributed by atoms with Crippen LogP contribution in [0.4, 0.5) is 0 Å². The van der Waals surface area contributed by atoms with Crippen molar-refractivity contribution in [3.05, 3.63) is 29.8 Å². The van der Waals surface area contributed by atoms with Crippen molar-refractivity contribution in [3.8, 4) is 0 Å². The Bertz CT molecular complexity index is 440. The third kappa shape index (κ3) is 2.75. The molecule has 0 spiro atoms. The van der Waals surface area contributed by atoms with Gasteiger partial charge in [-0.3, -0.25) is 0 Å². The maximum Gasteiger partial charge on any atom is 0.180 e. The third-order valence-electron chi connectivity index (χ3n) is 2.42. The first-order valence-electron chi connectivity index (χ1n) is 5.05. The van der Waals surface area contributed by atoms with Crippen LogP contribution in [0.2, 0.25) is 0 Å². The number of benzene rings is 1. The zero-order valence-electron chi connectivity index (χ0n) is 9.35. The minimum Gasteiger partial charge on any atom is -0.323 e. The van der Waals surface area contributed by atoms with E-state index in [9.17, 15) is 8.42 Å². The Morgan fingerprint density at radius 1 is 1.25 bits per heavy atom. The molecule has 0 fully saturated rings. The number of halogens is 1. The van der Waals surface area contributed by atoms with E-state index in [-0.39, 0.29) is 6.04 Å². The lowest BCUT2D eigenvalue weighted by Crippen LogP contribution is -2.15. The van der Waals surface area contributed by atoms with Crippen molar-refractivity contribution in [2.45, 2.75) is 30.0 Å². The number of hydrogen-bond donors (Lipinski definition) is 1. The topological polar surface area (TPSA) is 60.2 Å². The van der Waals surface area contributed by atoms with Gasteiger partial charge in [0, 0.05) is 11.9 Å². The highest BCUT2D eigenvalue weighted by Gasteiger charge is 2.19. The summed E-state index contributed by atoms with van der Waals surface area (Å²) < 4.78 is 23.7. The normalized spacial score (nSPS) is 14.1. The molecule has 0 heterocycles. The van der Waals surface area contributed by atoms with E-state index in [1.165, 1.54) is 0 Å². The lowest BCUT2D eigenvalue weighted by molar-refractivity contribution is 0.587. The number of alkyl halides is 1. The highest BCUT2D eigenvalue weighted by atomic mass is 35.5. The Morgan fingerprint density at radius 2 is 1.75 bits per heavy atom. The molecular formula is C11H16ClNO2S. The molecule has 3 nitrogen and oxygen atoms in total.